The lowest BCUT2D eigenvalue weighted by atomic mass is 9.95. The van der Waals surface area contributed by atoms with E-state index in [-0.39, 0.29) is 43.2 Å². The standard InChI is InChI=1S/C27H32N2O6/c1-34-24(26(31)32)13-14-28-25(30)18-12-6-7-17(18)15-29-27(33)35-16-23-21-10-4-2-8-19(21)20-9-3-5-11-22(20)23/h2-5,8-11,17-18,23-24H,6-7,12-16H2,1H3,(H,28,30)(H,29,33)(H,31,32). The number of ether oxygens (including phenoxy) is 2. The van der Waals surface area contributed by atoms with Gasteiger partial charge >= 0.3 is 12.1 Å². The highest BCUT2D eigenvalue weighted by atomic mass is 16.5. The summed E-state index contributed by atoms with van der Waals surface area (Å²) in [5.74, 6) is -1.35. The van der Waals surface area contributed by atoms with E-state index in [0.717, 1.165) is 30.4 Å². The van der Waals surface area contributed by atoms with Crippen molar-refractivity contribution in [3.05, 3.63) is 59.7 Å². The van der Waals surface area contributed by atoms with Crippen molar-refractivity contribution in [2.24, 2.45) is 11.8 Å². The Kier molecular flexibility index (Phi) is 8.02. The average Bonchev–Trinajstić information content (AvgIpc) is 3.46. The molecule has 0 aliphatic heterocycles. The zero-order chi connectivity index (χ0) is 24.8. The third kappa shape index (κ3) is 5.65. The number of nitrogens with one attached hydrogen (secondary N) is 2. The van der Waals surface area contributed by atoms with E-state index in [0.29, 0.717) is 6.54 Å². The third-order valence-corrected chi connectivity index (χ3v) is 7.11. The molecule has 1 saturated carbocycles. The van der Waals surface area contributed by atoms with Gasteiger partial charge in [0.1, 0.15) is 6.61 Å². The first-order valence-corrected chi connectivity index (χ1v) is 12.1. The number of benzene rings is 2. The molecule has 2 aromatic rings. The molecule has 3 N–H and O–H groups in total. The number of carbonyl (C=O) groups is 3. The summed E-state index contributed by atoms with van der Waals surface area (Å²) in [5, 5.41) is 14.7. The monoisotopic (exact) mass is 480 g/mol. The Bertz CT molecular complexity index is 1030. The molecule has 8 heteroatoms. The summed E-state index contributed by atoms with van der Waals surface area (Å²) in [4.78, 5) is 36.2. The van der Waals surface area contributed by atoms with E-state index in [1.807, 2.05) is 24.3 Å². The fourth-order valence-electron chi connectivity index (χ4n) is 5.29. The zero-order valence-electron chi connectivity index (χ0n) is 19.9. The Hall–Kier alpha value is -3.39. The summed E-state index contributed by atoms with van der Waals surface area (Å²) in [6.07, 6.45) is 1.28. The molecule has 8 nitrogen and oxygen atoms in total. The van der Waals surface area contributed by atoms with Crippen LogP contribution in [-0.4, -0.2) is 56.0 Å². The average molecular weight is 481 g/mol. The summed E-state index contributed by atoms with van der Waals surface area (Å²) in [7, 11) is 1.34. The van der Waals surface area contributed by atoms with Crippen LogP contribution < -0.4 is 10.6 Å². The van der Waals surface area contributed by atoms with Gasteiger partial charge in [0.05, 0.1) is 0 Å². The second-order valence-electron chi connectivity index (χ2n) is 9.15. The van der Waals surface area contributed by atoms with Gasteiger partial charge in [0, 0.05) is 38.5 Å². The number of aliphatic carboxylic acids is 1. The van der Waals surface area contributed by atoms with Gasteiger partial charge in [-0.15, -0.1) is 0 Å². The third-order valence-electron chi connectivity index (χ3n) is 7.11. The molecule has 0 spiro atoms. The molecule has 0 radical (unpaired) electrons. The van der Waals surface area contributed by atoms with Crippen molar-refractivity contribution in [3.8, 4) is 11.1 Å². The van der Waals surface area contributed by atoms with Gasteiger partial charge in [0.2, 0.25) is 5.91 Å². The van der Waals surface area contributed by atoms with Crippen LogP contribution in [0.1, 0.15) is 42.7 Å². The van der Waals surface area contributed by atoms with E-state index in [4.69, 9.17) is 14.6 Å². The molecule has 3 unspecified atom stereocenters. The SMILES string of the molecule is COC(CCNC(=O)C1CCCC1CNC(=O)OCC1c2ccccc2-c2ccccc21)C(=O)O. The summed E-state index contributed by atoms with van der Waals surface area (Å²) >= 11 is 0. The molecule has 0 saturated heterocycles. The zero-order valence-corrected chi connectivity index (χ0v) is 19.9. The maximum absolute atomic E-state index is 12.6. The van der Waals surface area contributed by atoms with Gasteiger partial charge in [-0.2, -0.15) is 0 Å². The number of alkyl carbamates (subject to hydrolysis) is 1. The van der Waals surface area contributed by atoms with Crippen LogP contribution in [0.25, 0.3) is 11.1 Å². The molecule has 186 valence electrons. The molecule has 2 amide bonds. The van der Waals surface area contributed by atoms with Gasteiger partial charge in [-0.1, -0.05) is 55.0 Å². The second-order valence-corrected chi connectivity index (χ2v) is 9.15. The smallest absolute Gasteiger partial charge is 0.407 e. The fourth-order valence-corrected chi connectivity index (χ4v) is 5.29. The number of hydrogen-bond donors (Lipinski definition) is 3. The minimum absolute atomic E-state index is 0.000106. The highest BCUT2D eigenvalue weighted by molar-refractivity contribution is 5.80. The number of carboxylic acids is 1. The van der Waals surface area contributed by atoms with E-state index >= 15 is 0 Å². The number of methoxy groups -OCH3 is 1. The minimum atomic E-state index is -1.05. The number of carbonyl (C=O) groups excluding carboxylic acids is 2. The molecule has 3 atom stereocenters. The lowest BCUT2D eigenvalue weighted by Crippen LogP contribution is -2.39. The van der Waals surface area contributed by atoms with Crippen LogP contribution >= 0.6 is 0 Å². The van der Waals surface area contributed by atoms with Crippen molar-refractivity contribution in [3.63, 3.8) is 0 Å². The predicted molar refractivity (Wildman–Crippen MR) is 130 cm³/mol. The number of amides is 2. The molecule has 0 aromatic heterocycles. The van der Waals surface area contributed by atoms with Crippen LogP contribution in [0.5, 0.6) is 0 Å². The molecule has 0 bridgehead atoms. The van der Waals surface area contributed by atoms with Crippen molar-refractivity contribution in [1.29, 1.82) is 0 Å². The van der Waals surface area contributed by atoms with Crippen LogP contribution in [-0.2, 0) is 19.1 Å². The first-order chi connectivity index (χ1) is 17.0. The summed E-state index contributed by atoms with van der Waals surface area (Å²) in [6, 6.07) is 16.4. The number of fused-ring (bicyclic) bond motifs is 3. The van der Waals surface area contributed by atoms with E-state index < -0.39 is 18.2 Å². The predicted octanol–water partition coefficient (Wildman–Crippen LogP) is 3.55. The Morgan fingerprint density at radius 3 is 2.29 bits per heavy atom. The van der Waals surface area contributed by atoms with Crippen molar-refractivity contribution >= 4 is 18.0 Å². The topological polar surface area (TPSA) is 114 Å². The molecule has 35 heavy (non-hydrogen) atoms. The molecule has 2 aliphatic rings. The van der Waals surface area contributed by atoms with Crippen molar-refractivity contribution in [2.45, 2.75) is 37.7 Å². The van der Waals surface area contributed by atoms with Gasteiger partial charge in [-0.25, -0.2) is 9.59 Å². The van der Waals surface area contributed by atoms with Crippen LogP contribution in [0.4, 0.5) is 4.79 Å². The fraction of sp³-hybridized carbons (Fsp3) is 0.444. The Morgan fingerprint density at radius 1 is 1.00 bits per heavy atom. The molecule has 4 rings (SSSR count). The van der Waals surface area contributed by atoms with E-state index in [9.17, 15) is 14.4 Å². The Morgan fingerprint density at radius 2 is 1.66 bits per heavy atom. The Balaban J connectivity index is 1.25. The summed E-state index contributed by atoms with van der Waals surface area (Å²) < 4.78 is 10.5. The van der Waals surface area contributed by atoms with Gasteiger partial charge in [0.25, 0.3) is 0 Å². The number of hydrogen-bond acceptors (Lipinski definition) is 5. The van der Waals surface area contributed by atoms with Crippen LogP contribution in [0.15, 0.2) is 48.5 Å². The Labute approximate surface area is 205 Å². The summed E-state index contributed by atoms with van der Waals surface area (Å²) in [6.45, 7) is 0.843. The van der Waals surface area contributed by atoms with Crippen molar-refractivity contribution in [2.75, 3.05) is 26.8 Å². The molecule has 0 heterocycles. The van der Waals surface area contributed by atoms with Gasteiger partial charge in [0.15, 0.2) is 6.10 Å². The number of carboxylic acid groups (broad SMARTS) is 1. The van der Waals surface area contributed by atoms with Crippen LogP contribution in [0, 0.1) is 11.8 Å². The van der Waals surface area contributed by atoms with Crippen molar-refractivity contribution in [1.82, 2.24) is 10.6 Å². The van der Waals surface area contributed by atoms with Gasteiger partial charge < -0.3 is 25.2 Å². The maximum Gasteiger partial charge on any atom is 0.407 e. The second kappa shape index (κ2) is 11.4. The van der Waals surface area contributed by atoms with E-state index in [2.05, 4.69) is 34.9 Å². The quantitative estimate of drug-likeness (QED) is 0.479. The lowest BCUT2D eigenvalue weighted by molar-refractivity contribution is -0.149. The van der Waals surface area contributed by atoms with Crippen LogP contribution in [0.3, 0.4) is 0 Å². The lowest BCUT2D eigenvalue weighted by Gasteiger charge is -2.20. The molecule has 2 aromatic carbocycles. The molecular weight excluding hydrogens is 448 g/mol. The van der Waals surface area contributed by atoms with Crippen LogP contribution in [0.2, 0.25) is 0 Å². The molecule has 1 fully saturated rings. The van der Waals surface area contributed by atoms with Crippen molar-refractivity contribution < 1.29 is 29.0 Å². The minimum Gasteiger partial charge on any atom is -0.479 e. The van der Waals surface area contributed by atoms with Gasteiger partial charge in [-0.05, 0) is 41.0 Å². The highest BCUT2D eigenvalue weighted by Gasteiger charge is 2.34. The highest BCUT2D eigenvalue weighted by Crippen LogP contribution is 2.44. The molecule has 2 aliphatic carbocycles. The van der Waals surface area contributed by atoms with Gasteiger partial charge in [-0.3, -0.25) is 4.79 Å². The summed E-state index contributed by atoms with van der Waals surface area (Å²) in [5.41, 5.74) is 4.68. The number of rotatable bonds is 10. The normalized spacial score (nSPS) is 19.5. The first-order valence-electron chi connectivity index (χ1n) is 12.1. The van der Waals surface area contributed by atoms with E-state index in [1.54, 1.807) is 0 Å². The maximum atomic E-state index is 12.6. The van der Waals surface area contributed by atoms with E-state index in [1.165, 1.54) is 18.2 Å². The largest absolute Gasteiger partial charge is 0.479 e. The molecular formula is C27H32N2O6. The first kappa shape index (κ1) is 24.7.